The Bertz CT molecular complexity index is 754. The molecule has 0 amide bonds. The molecule has 6 heteroatoms. The molecule has 0 fully saturated rings. The molecule has 0 saturated carbocycles. The highest BCUT2D eigenvalue weighted by Crippen LogP contribution is 2.33. The first-order valence-electron chi connectivity index (χ1n) is 6.32. The standard InChI is InChI=1S/C15H14N2O4/c1-9-4-5-12(7-14(9)16(18)19)13-8-15(17(20)21)11(3)6-10(13)2/h4-8H,1-3H3. The van der Waals surface area contributed by atoms with E-state index in [9.17, 15) is 20.2 Å². The first kappa shape index (κ1) is 14.6. The Morgan fingerprint density at radius 2 is 1.33 bits per heavy atom. The van der Waals surface area contributed by atoms with Gasteiger partial charge in [0.2, 0.25) is 0 Å². The van der Waals surface area contributed by atoms with Crippen LogP contribution in [0.15, 0.2) is 30.3 Å². The monoisotopic (exact) mass is 286 g/mol. The van der Waals surface area contributed by atoms with Crippen LogP contribution in [0.2, 0.25) is 0 Å². The molecule has 0 N–H and O–H groups in total. The minimum atomic E-state index is -0.448. The quantitative estimate of drug-likeness (QED) is 0.628. The van der Waals surface area contributed by atoms with Gasteiger partial charge in [-0.2, -0.15) is 0 Å². The second kappa shape index (κ2) is 5.32. The number of hydrogen-bond acceptors (Lipinski definition) is 4. The van der Waals surface area contributed by atoms with Gasteiger partial charge >= 0.3 is 0 Å². The lowest BCUT2D eigenvalue weighted by Gasteiger charge is -2.09. The fourth-order valence-corrected chi connectivity index (χ4v) is 2.32. The third-order valence-corrected chi connectivity index (χ3v) is 3.46. The maximum absolute atomic E-state index is 11.0. The summed E-state index contributed by atoms with van der Waals surface area (Å²) in [5, 5.41) is 22.1. The Labute approximate surface area is 121 Å². The van der Waals surface area contributed by atoms with Crippen molar-refractivity contribution < 1.29 is 9.85 Å². The number of benzene rings is 2. The molecule has 0 aliphatic rings. The van der Waals surface area contributed by atoms with Crippen LogP contribution in [0.1, 0.15) is 16.7 Å². The zero-order valence-electron chi connectivity index (χ0n) is 11.9. The van der Waals surface area contributed by atoms with Crippen molar-refractivity contribution in [2.45, 2.75) is 20.8 Å². The Balaban J connectivity index is 2.67. The Morgan fingerprint density at radius 3 is 1.90 bits per heavy atom. The zero-order chi connectivity index (χ0) is 15.7. The molecule has 0 spiro atoms. The SMILES string of the molecule is Cc1cc(C)c([N+](=O)[O-])cc1-c1ccc(C)c([N+](=O)[O-])c1. The van der Waals surface area contributed by atoms with Crippen LogP contribution in [0.3, 0.4) is 0 Å². The lowest BCUT2D eigenvalue weighted by atomic mass is 9.96. The Kier molecular flexibility index (Phi) is 3.71. The van der Waals surface area contributed by atoms with Crippen LogP contribution in [-0.2, 0) is 0 Å². The Morgan fingerprint density at radius 1 is 0.762 bits per heavy atom. The van der Waals surface area contributed by atoms with Crippen molar-refractivity contribution in [1.82, 2.24) is 0 Å². The van der Waals surface area contributed by atoms with Gasteiger partial charge in [-0.25, -0.2) is 0 Å². The van der Waals surface area contributed by atoms with E-state index in [0.29, 0.717) is 22.3 Å². The summed E-state index contributed by atoms with van der Waals surface area (Å²) in [5.41, 5.74) is 3.24. The van der Waals surface area contributed by atoms with Gasteiger partial charge in [0.15, 0.2) is 0 Å². The van der Waals surface area contributed by atoms with Gasteiger partial charge in [-0.05, 0) is 43.5 Å². The maximum atomic E-state index is 11.0. The average Bonchev–Trinajstić information content (AvgIpc) is 2.39. The lowest BCUT2D eigenvalue weighted by Crippen LogP contribution is -1.96. The Hall–Kier alpha value is -2.76. The second-order valence-electron chi connectivity index (χ2n) is 4.97. The summed E-state index contributed by atoms with van der Waals surface area (Å²) < 4.78 is 0. The molecule has 108 valence electrons. The van der Waals surface area contributed by atoms with Crippen molar-refractivity contribution in [3.05, 3.63) is 67.3 Å². The first-order valence-corrected chi connectivity index (χ1v) is 6.32. The van der Waals surface area contributed by atoms with Gasteiger partial charge in [0, 0.05) is 23.3 Å². The maximum Gasteiger partial charge on any atom is 0.272 e. The molecule has 2 rings (SSSR count). The van der Waals surface area contributed by atoms with E-state index in [1.165, 1.54) is 12.1 Å². The van der Waals surface area contributed by atoms with Crippen molar-refractivity contribution in [1.29, 1.82) is 0 Å². The van der Waals surface area contributed by atoms with Gasteiger partial charge in [-0.3, -0.25) is 20.2 Å². The first-order chi connectivity index (χ1) is 9.81. The van der Waals surface area contributed by atoms with Gasteiger partial charge in [-0.15, -0.1) is 0 Å². The van der Waals surface area contributed by atoms with Gasteiger partial charge in [-0.1, -0.05) is 12.1 Å². The van der Waals surface area contributed by atoms with Crippen LogP contribution in [0.4, 0.5) is 11.4 Å². The molecular weight excluding hydrogens is 272 g/mol. The van der Waals surface area contributed by atoms with Crippen LogP contribution in [-0.4, -0.2) is 9.85 Å². The topological polar surface area (TPSA) is 86.3 Å². The number of nitro benzene ring substituents is 2. The summed E-state index contributed by atoms with van der Waals surface area (Å²) in [6.45, 7) is 5.16. The van der Waals surface area contributed by atoms with E-state index in [0.717, 1.165) is 5.56 Å². The summed E-state index contributed by atoms with van der Waals surface area (Å²) in [6.07, 6.45) is 0. The largest absolute Gasteiger partial charge is 0.272 e. The molecule has 2 aromatic carbocycles. The molecule has 2 aromatic rings. The van der Waals surface area contributed by atoms with Crippen molar-refractivity contribution in [3.8, 4) is 11.1 Å². The van der Waals surface area contributed by atoms with Crippen LogP contribution in [0.25, 0.3) is 11.1 Å². The summed E-state index contributed by atoms with van der Waals surface area (Å²) in [7, 11) is 0. The van der Waals surface area contributed by atoms with Gasteiger partial charge in [0.1, 0.15) is 0 Å². The average molecular weight is 286 g/mol. The van der Waals surface area contributed by atoms with E-state index in [1.54, 1.807) is 32.0 Å². The lowest BCUT2D eigenvalue weighted by molar-refractivity contribution is -0.385. The molecule has 0 saturated heterocycles. The van der Waals surface area contributed by atoms with Crippen molar-refractivity contribution >= 4 is 11.4 Å². The van der Waals surface area contributed by atoms with E-state index in [1.807, 2.05) is 6.92 Å². The smallest absolute Gasteiger partial charge is 0.258 e. The molecule has 0 atom stereocenters. The molecule has 6 nitrogen and oxygen atoms in total. The van der Waals surface area contributed by atoms with E-state index in [4.69, 9.17) is 0 Å². The highest BCUT2D eigenvalue weighted by Gasteiger charge is 2.17. The molecule has 0 aromatic heterocycles. The van der Waals surface area contributed by atoms with Crippen LogP contribution in [0, 0.1) is 41.0 Å². The molecule has 0 aliphatic heterocycles. The number of rotatable bonds is 3. The summed E-state index contributed by atoms with van der Waals surface area (Å²) >= 11 is 0. The van der Waals surface area contributed by atoms with Gasteiger partial charge in [0.25, 0.3) is 11.4 Å². The zero-order valence-corrected chi connectivity index (χ0v) is 11.9. The van der Waals surface area contributed by atoms with E-state index in [-0.39, 0.29) is 11.4 Å². The minimum absolute atomic E-state index is 0.00938. The molecule has 0 radical (unpaired) electrons. The summed E-state index contributed by atoms with van der Waals surface area (Å²) in [5.74, 6) is 0. The fourth-order valence-electron chi connectivity index (χ4n) is 2.32. The molecule has 0 heterocycles. The fraction of sp³-hybridized carbons (Fsp3) is 0.200. The van der Waals surface area contributed by atoms with Crippen LogP contribution >= 0.6 is 0 Å². The highest BCUT2D eigenvalue weighted by molar-refractivity contribution is 5.73. The summed E-state index contributed by atoms with van der Waals surface area (Å²) in [6, 6.07) is 8.04. The highest BCUT2D eigenvalue weighted by atomic mass is 16.6. The number of hydrogen-bond donors (Lipinski definition) is 0. The van der Waals surface area contributed by atoms with E-state index >= 15 is 0 Å². The summed E-state index contributed by atoms with van der Waals surface area (Å²) in [4.78, 5) is 21.2. The number of aryl methyl sites for hydroxylation is 3. The number of nitrogens with zero attached hydrogens (tertiary/aromatic N) is 2. The van der Waals surface area contributed by atoms with E-state index < -0.39 is 9.85 Å². The predicted octanol–water partition coefficient (Wildman–Crippen LogP) is 4.10. The molecular formula is C15H14N2O4. The molecule has 21 heavy (non-hydrogen) atoms. The second-order valence-corrected chi connectivity index (χ2v) is 4.97. The normalized spacial score (nSPS) is 10.4. The van der Waals surface area contributed by atoms with Crippen LogP contribution < -0.4 is 0 Å². The predicted molar refractivity (Wildman–Crippen MR) is 79.4 cm³/mol. The molecule has 0 unspecified atom stereocenters. The third-order valence-electron chi connectivity index (χ3n) is 3.46. The van der Waals surface area contributed by atoms with Gasteiger partial charge in [0.05, 0.1) is 9.85 Å². The number of nitro groups is 2. The minimum Gasteiger partial charge on any atom is -0.258 e. The molecule has 0 bridgehead atoms. The molecule has 0 aliphatic carbocycles. The van der Waals surface area contributed by atoms with Crippen molar-refractivity contribution in [2.75, 3.05) is 0 Å². The van der Waals surface area contributed by atoms with Gasteiger partial charge < -0.3 is 0 Å². The van der Waals surface area contributed by atoms with Crippen molar-refractivity contribution in [2.24, 2.45) is 0 Å². The van der Waals surface area contributed by atoms with Crippen molar-refractivity contribution in [3.63, 3.8) is 0 Å². The van der Waals surface area contributed by atoms with E-state index in [2.05, 4.69) is 0 Å². The van der Waals surface area contributed by atoms with Crippen LogP contribution in [0.5, 0.6) is 0 Å². The third kappa shape index (κ3) is 2.74.